The molecule has 0 aliphatic rings. The van der Waals surface area contributed by atoms with Gasteiger partial charge in [-0.1, -0.05) is 35.9 Å². The molecular weight excluding hydrogens is 419 g/mol. The van der Waals surface area contributed by atoms with Crippen LogP contribution >= 0.6 is 11.6 Å². The van der Waals surface area contributed by atoms with Crippen LogP contribution in [0.2, 0.25) is 5.02 Å². The Morgan fingerprint density at radius 2 is 1.80 bits per heavy atom. The van der Waals surface area contributed by atoms with Crippen LogP contribution < -0.4 is 10.7 Å². The predicted molar refractivity (Wildman–Crippen MR) is 107 cm³/mol. The molecule has 0 aliphatic heterocycles. The van der Waals surface area contributed by atoms with E-state index in [9.17, 15) is 22.8 Å². The molecule has 0 fully saturated rings. The fourth-order valence-corrected chi connectivity index (χ4v) is 3.03. The van der Waals surface area contributed by atoms with Gasteiger partial charge in [-0.25, -0.2) is 4.68 Å². The van der Waals surface area contributed by atoms with Crippen LogP contribution in [-0.2, 0) is 12.6 Å². The van der Waals surface area contributed by atoms with E-state index >= 15 is 0 Å². The zero-order valence-corrected chi connectivity index (χ0v) is 16.6. The van der Waals surface area contributed by atoms with Crippen LogP contribution in [0.15, 0.2) is 59.4 Å². The third-order valence-electron chi connectivity index (χ3n) is 4.37. The molecule has 0 spiro atoms. The second-order valence-corrected chi connectivity index (χ2v) is 6.99. The highest BCUT2D eigenvalue weighted by atomic mass is 35.5. The third kappa shape index (κ3) is 4.88. The average Bonchev–Trinajstić information content (AvgIpc) is 2.69. The number of rotatable bonds is 5. The van der Waals surface area contributed by atoms with Crippen LogP contribution in [0.4, 0.5) is 13.2 Å². The first-order valence-corrected chi connectivity index (χ1v) is 9.35. The van der Waals surface area contributed by atoms with Gasteiger partial charge in [0.25, 0.3) is 5.91 Å². The van der Waals surface area contributed by atoms with Gasteiger partial charge in [0.2, 0.25) is 5.43 Å². The van der Waals surface area contributed by atoms with Crippen molar-refractivity contribution in [3.8, 4) is 5.69 Å². The summed E-state index contributed by atoms with van der Waals surface area (Å²) in [5.41, 5.74) is -1.23. The second kappa shape index (κ2) is 8.71. The Bertz CT molecular complexity index is 1130. The van der Waals surface area contributed by atoms with Gasteiger partial charge in [0.15, 0.2) is 5.69 Å². The number of carbonyl (C=O) groups is 1. The van der Waals surface area contributed by atoms with E-state index < -0.39 is 28.8 Å². The minimum Gasteiger partial charge on any atom is -0.350 e. The smallest absolute Gasteiger partial charge is 0.350 e. The van der Waals surface area contributed by atoms with Crippen molar-refractivity contribution in [2.45, 2.75) is 19.5 Å². The molecule has 0 radical (unpaired) electrons. The number of halogens is 4. The van der Waals surface area contributed by atoms with Crippen molar-refractivity contribution in [3.63, 3.8) is 0 Å². The molecule has 156 valence electrons. The molecule has 0 saturated carbocycles. The zero-order valence-electron chi connectivity index (χ0n) is 15.8. The van der Waals surface area contributed by atoms with Gasteiger partial charge in [-0.15, -0.1) is 0 Å². The topological polar surface area (TPSA) is 64.0 Å². The minimum absolute atomic E-state index is 0.175. The molecule has 1 N–H and O–H groups in total. The maximum atomic E-state index is 13.4. The fraction of sp³-hybridized carbons (Fsp3) is 0.190. The summed E-state index contributed by atoms with van der Waals surface area (Å²) in [5, 5.41) is 7.09. The van der Waals surface area contributed by atoms with Gasteiger partial charge in [0.05, 0.1) is 11.3 Å². The predicted octanol–water partition coefficient (Wildman–Crippen LogP) is 4.19. The number of amides is 1. The van der Waals surface area contributed by atoms with Crippen LogP contribution in [0.1, 0.15) is 27.3 Å². The Labute approximate surface area is 175 Å². The molecule has 0 aliphatic carbocycles. The standard InChI is InChI=1S/C21H17ClF3N3O2/c1-13-12-18(29)19(20(30)26-11-10-14-6-8-15(22)9-7-14)27-28(13)17-5-3-2-4-16(17)21(23,24)25/h2-9,12H,10-11H2,1H3,(H,26,30). The number of hydrogen-bond donors (Lipinski definition) is 1. The molecule has 0 unspecified atom stereocenters. The van der Waals surface area contributed by atoms with Crippen LogP contribution in [0, 0.1) is 6.92 Å². The monoisotopic (exact) mass is 435 g/mol. The molecule has 2 aromatic carbocycles. The molecule has 9 heteroatoms. The molecule has 1 aromatic heterocycles. The maximum Gasteiger partial charge on any atom is 0.418 e. The SMILES string of the molecule is Cc1cc(=O)c(C(=O)NCCc2ccc(Cl)cc2)nn1-c1ccccc1C(F)(F)F. The van der Waals surface area contributed by atoms with Crippen LogP contribution in [-0.4, -0.2) is 22.2 Å². The number of hydrogen-bond acceptors (Lipinski definition) is 3. The molecule has 3 rings (SSSR count). The van der Waals surface area contributed by atoms with E-state index in [0.717, 1.165) is 22.4 Å². The largest absolute Gasteiger partial charge is 0.418 e. The summed E-state index contributed by atoms with van der Waals surface area (Å²) in [6.45, 7) is 1.67. The number of nitrogens with one attached hydrogen (secondary N) is 1. The van der Waals surface area contributed by atoms with Crippen molar-refractivity contribution < 1.29 is 18.0 Å². The van der Waals surface area contributed by atoms with E-state index in [1.807, 2.05) is 0 Å². The molecule has 0 atom stereocenters. The molecular formula is C21H17ClF3N3O2. The first kappa shape index (κ1) is 21.6. The van der Waals surface area contributed by atoms with E-state index in [1.54, 1.807) is 24.3 Å². The lowest BCUT2D eigenvalue weighted by atomic mass is 10.1. The van der Waals surface area contributed by atoms with E-state index in [-0.39, 0.29) is 17.9 Å². The van der Waals surface area contributed by atoms with Crippen molar-refractivity contribution in [1.29, 1.82) is 0 Å². The molecule has 0 saturated heterocycles. The number of aromatic nitrogens is 2. The van der Waals surface area contributed by atoms with Gasteiger partial charge in [-0.3, -0.25) is 9.59 Å². The number of para-hydroxylation sites is 1. The van der Waals surface area contributed by atoms with Crippen LogP contribution in [0.5, 0.6) is 0 Å². The molecule has 1 heterocycles. The summed E-state index contributed by atoms with van der Waals surface area (Å²) in [6.07, 6.45) is -4.13. The summed E-state index contributed by atoms with van der Waals surface area (Å²) < 4.78 is 41.1. The summed E-state index contributed by atoms with van der Waals surface area (Å²) in [5.74, 6) is -0.757. The molecule has 3 aromatic rings. The van der Waals surface area contributed by atoms with Gasteiger partial charge >= 0.3 is 6.18 Å². The summed E-state index contributed by atoms with van der Waals surface area (Å²) in [6, 6.07) is 13.0. The van der Waals surface area contributed by atoms with Crippen LogP contribution in [0.3, 0.4) is 0 Å². The van der Waals surface area contributed by atoms with Crippen molar-refractivity contribution in [2.75, 3.05) is 6.54 Å². The maximum absolute atomic E-state index is 13.4. The highest BCUT2D eigenvalue weighted by Gasteiger charge is 2.34. The number of benzene rings is 2. The van der Waals surface area contributed by atoms with Crippen LogP contribution in [0.25, 0.3) is 5.69 Å². The Balaban J connectivity index is 1.86. The first-order chi connectivity index (χ1) is 14.2. The zero-order chi connectivity index (χ0) is 21.9. The van der Waals surface area contributed by atoms with E-state index in [4.69, 9.17) is 11.6 Å². The van der Waals surface area contributed by atoms with Crippen molar-refractivity contribution in [3.05, 3.63) is 92.4 Å². The second-order valence-electron chi connectivity index (χ2n) is 6.56. The third-order valence-corrected chi connectivity index (χ3v) is 4.62. The van der Waals surface area contributed by atoms with Crippen molar-refractivity contribution in [1.82, 2.24) is 15.1 Å². The highest BCUT2D eigenvalue weighted by molar-refractivity contribution is 6.30. The number of nitrogens with zero attached hydrogens (tertiary/aromatic N) is 2. The van der Waals surface area contributed by atoms with Gasteiger partial charge < -0.3 is 5.32 Å². The molecule has 0 bridgehead atoms. The van der Waals surface area contributed by atoms with Crippen molar-refractivity contribution >= 4 is 17.5 Å². The van der Waals surface area contributed by atoms with Crippen molar-refractivity contribution in [2.24, 2.45) is 0 Å². The molecule has 1 amide bonds. The summed E-state index contributed by atoms with van der Waals surface area (Å²) in [4.78, 5) is 24.7. The lowest BCUT2D eigenvalue weighted by molar-refractivity contribution is -0.137. The van der Waals surface area contributed by atoms with Gasteiger partial charge in [-0.2, -0.15) is 18.3 Å². The van der Waals surface area contributed by atoms with Gasteiger partial charge in [0.1, 0.15) is 0 Å². The summed E-state index contributed by atoms with van der Waals surface area (Å²) >= 11 is 5.83. The Kier molecular flexibility index (Phi) is 6.26. The number of aryl methyl sites for hydroxylation is 1. The molecule has 30 heavy (non-hydrogen) atoms. The highest BCUT2D eigenvalue weighted by Crippen LogP contribution is 2.33. The van der Waals surface area contributed by atoms with Gasteiger partial charge in [0, 0.05) is 23.3 Å². The quantitative estimate of drug-likeness (QED) is 0.653. The van der Waals surface area contributed by atoms with E-state index in [0.29, 0.717) is 11.4 Å². The lowest BCUT2D eigenvalue weighted by Gasteiger charge is -2.16. The Hall–Kier alpha value is -3.13. The molecule has 5 nitrogen and oxygen atoms in total. The lowest BCUT2D eigenvalue weighted by Crippen LogP contribution is -2.33. The Morgan fingerprint density at radius 3 is 2.47 bits per heavy atom. The minimum atomic E-state index is -4.62. The number of carbonyl (C=O) groups excluding carboxylic acids is 1. The normalized spacial score (nSPS) is 11.4. The van der Waals surface area contributed by atoms with Gasteiger partial charge in [-0.05, 0) is 43.2 Å². The first-order valence-electron chi connectivity index (χ1n) is 8.97. The summed E-state index contributed by atoms with van der Waals surface area (Å²) in [7, 11) is 0. The fourth-order valence-electron chi connectivity index (χ4n) is 2.90. The van der Waals surface area contributed by atoms with E-state index in [1.165, 1.54) is 25.1 Å². The Morgan fingerprint density at radius 1 is 1.13 bits per heavy atom. The number of alkyl halides is 3. The average molecular weight is 436 g/mol. The van der Waals surface area contributed by atoms with E-state index in [2.05, 4.69) is 10.4 Å².